The number of carbonyl (C=O) groups is 1. The van der Waals surface area contributed by atoms with Gasteiger partial charge in [-0.3, -0.25) is 14.8 Å². The SMILES string of the molecule is O=C(Nc1nnc(C2CC2)s1)c1ccc(S(=O)(=O)Nc2ccccc2)cc1. The average molecular weight is 400 g/mol. The molecule has 7 nitrogen and oxygen atoms in total. The van der Waals surface area contributed by atoms with E-state index in [4.69, 9.17) is 0 Å². The van der Waals surface area contributed by atoms with Crippen molar-refractivity contribution in [2.45, 2.75) is 23.7 Å². The van der Waals surface area contributed by atoms with E-state index in [9.17, 15) is 13.2 Å². The Morgan fingerprint density at radius 1 is 1.00 bits per heavy atom. The molecular formula is C18H16N4O3S2. The van der Waals surface area contributed by atoms with Crippen LogP contribution in [0.5, 0.6) is 0 Å². The summed E-state index contributed by atoms with van der Waals surface area (Å²) < 4.78 is 27.3. The van der Waals surface area contributed by atoms with Crippen LogP contribution in [0.1, 0.15) is 34.1 Å². The largest absolute Gasteiger partial charge is 0.296 e. The molecule has 0 aliphatic heterocycles. The van der Waals surface area contributed by atoms with Crippen molar-refractivity contribution in [2.75, 3.05) is 10.0 Å². The molecule has 2 aromatic carbocycles. The number of benzene rings is 2. The topological polar surface area (TPSA) is 101 Å². The van der Waals surface area contributed by atoms with E-state index in [1.165, 1.54) is 35.6 Å². The van der Waals surface area contributed by atoms with Gasteiger partial charge in [-0.15, -0.1) is 10.2 Å². The molecule has 1 aromatic heterocycles. The molecule has 1 heterocycles. The first-order valence-electron chi connectivity index (χ1n) is 8.34. The molecular weight excluding hydrogens is 384 g/mol. The smallest absolute Gasteiger partial charge is 0.261 e. The van der Waals surface area contributed by atoms with Gasteiger partial charge in [-0.25, -0.2) is 8.42 Å². The van der Waals surface area contributed by atoms with Gasteiger partial charge in [0.05, 0.1) is 4.90 Å². The zero-order valence-electron chi connectivity index (χ0n) is 14.1. The number of para-hydroxylation sites is 1. The normalized spacial score (nSPS) is 13.9. The quantitative estimate of drug-likeness (QED) is 0.660. The molecule has 2 N–H and O–H groups in total. The van der Waals surface area contributed by atoms with Gasteiger partial charge >= 0.3 is 0 Å². The Bertz CT molecular complexity index is 1060. The third-order valence-electron chi connectivity index (χ3n) is 4.04. The van der Waals surface area contributed by atoms with Gasteiger partial charge in [-0.05, 0) is 49.2 Å². The molecule has 0 saturated heterocycles. The number of sulfonamides is 1. The molecule has 9 heteroatoms. The van der Waals surface area contributed by atoms with Crippen LogP contribution in [0.2, 0.25) is 0 Å². The van der Waals surface area contributed by atoms with Crippen molar-refractivity contribution in [3.63, 3.8) is 0 Å². The lowest BCUT2D eigenvalue weighted by Crippen LogP contribution is -2.14. The summed E-state index contributed by atoms with van der Waals surface area (Å²) in [5.41, 5.74) is 0.818. The fourth-order valence-corrected chi connectivity index (χ4v) is 4.42. The van der Waals surface area contributed by atoms with Crippen LogP contribution in [0.4, 0.5) is 10.8 Å². The lowest BCUT2D eigenvalue weighted by atomic mass is 10.2. The molecule has 4 rings (SSSR count). The van der Waals surface area contributed by atoms with Crippen LogP contribution in [0.15, 0.2) is 59.5 Å². The van der Waals surface area contributed by atoms with Gasteiger partial charge in [0.25, 0.3) is 15.9 Å². The molecule has 0 spiro atoms. The number of nitrogens with one attached hydrogen (secondary N) is 2. The molecule has 0 unspecified atom stereocenters. The summed E-state index contributed by atoms with van der Waals surface area (Å²) in [5, 5.41) is 12.1. The fraction of sp³-hybridized carbons (Fsp3) is 0.167. The molecule has 1 aliphatic carbocycles. The van der Waals surface area contributed by atoms with E-state index < -0.39 is 10.0 Å². The Balaban J connectivity index is 1.45. The van der Waals surface area contributed by atoms with Crippen LogP contribution >= 0.6 is 11.3 Å². The second kappa shape index (κ2) is 7.09. The Hall–Kier alpha value is -2.78. The molecule has 1 amide bonds. The molecule has 3 aromatic rings. The minimum absolute atomic E-state index is 0.0786. The first-order valence-corrected chi connectivity index (χ1v) is 10.6. The summed E-state index contributed by atoms with van der Waals surface area (Å²) in [7, 11) is -3.72. The number of carbonyl (C=O) groups excluding carboxylic acids is 1. The van der Waals surface area contributed by atoms with Gasteiger partial charge in [0.2, 0.25) is 5.13 Å². The van der Waals surface area contributed by atoms with Crippen molar-refractivity contribution >= 4 is 38.1 Å². The maximum atomic E-state index is 12.4. The number of rotatable bonds is 6. The minimum Gasteiger partial charge on any atom is -0.296 e. The molecule has 0 atom stereocenters. The lowest BCUT2D eigenvalue weighted by molar-refractivity contribution is 0.102. The van der Waals surface area contributed by atoms with Crippen molar-refractivity contribution < 1.29 is 13.2 Å². The summed E-state index contributed by atoms with van der Waals surface area (Å²) in [6, 6.07) is 14.4. The van der Waals surface area contributed by atoms with Crippen molar-refractivity contribution in [3.8, 4) is 0 Å². The van der Waals surface area contributed by atoms with Gasteiger partial charge in [-0.1, -0.05) is 29.5 Å². The Morgan fingerprint density at radius 3 is 2.37 bits per heavy atom. The van der Waals surface area contributed by atoms with Gasteiger partial charge in [0, 0.05) is 17.2 Å². The number of nitrogens with zero attached hydrogens (tertiary/aromatic N) is 2. The summed E-state index contributed by atoms with van der Waals surface area (Å²) in [6.07, 6.45) is 2.24. The lowest BCUT2D eigenvalue weighted by Gasteiger charge is -2.08. The summed E-state index contributed by atoms with van der Waals surface area (Å²) in [6.45, 7) is 0. The van der Waals surface area contributed by atoms with Gasteiger partial charge < -0.3 is 0 Å². The average Bonchev–Trinajstić information content (AvgIpc) is 3.42. The molecule has 1 aliphatic rings. The second-order valence-electron chi connectivity index (χ2n) is 6.17. The number of hydrogen-bond acceptors (Lipinski definition) is 6. The molecule has 0 radical (unpaired) electrons. The first kappa shape index (κ1) is 17.6. The molecule has 1 saturated carbocycles. The highest BCUT2D eigenvalue weighted by Crippen LogP contribution is 2.42. The first-order chi connectivity index (χ1) is 13.0. The number of amides is 1. The van der Waals surface area contributed by atoms with Crippen molar-refractivity contribution in [3.05, 3.63) is 65.2 Å². The molecule has 0 bridgehead atoms. The third kappa shape index (κ3) is 4.15. The van der Waals surface area contributed by atoms with Crippen molar-refractivity contribution in [1.29, 1.82) is 0 Å². The molecule has 138 valence electrons. The number of hydrogen-bond donors (Lipinski definition) is 2. The predicted molar refractivity (Wildman–Crippen MR) is 104 cm³/mol. The highest BCUT2D eigenvalue weighted by Gasteiger charge is 2.27. The van der Waals surface area contributed by atoms with E-state index in [-0.39, 0.29) is 10.8 Å². The standard InChI is InChI=1S/C18H16N4O3S2/c23-16(19-18-21-20-17(26-18)13-6-7-13)12-8-10-15(11-9-12)27(24,25)22-14-4-2-1-3-5-14/h1-5,8-11,13,22H,6-7H2,(H,19,21,23). The van der Waals surface area contributed by atoms with Gasteiger partial charge in [0.15, 0.2) is 0 Å². The Kier molecular flexibility index (Phi) is 4.63. The van der Waals surface area contributed by atoms with E-state index in [0.717, 1.165) is 17.8 Å². The van der Waals surface area contributed by atoms with Gasteiger partial charge in [-0.2, -0.15) is 0 Å². The maximum absolute atomic E-state index is 12.4. The summed E-state index contributed by atoms with van der Waals surface area (Å²) in [5.74, 6) is 0.128. The van der Waals surface area contributed by atoms with Crippen LogP contribution in [0.25, 0.3) is 0 Å². The Morgan fingerprint density at radius 2 is 1.70 bits per heavy atom. The highest BCUT2D eigenvalue weighted by molar-refractivity contribution is 7.92. The van der Waals surface area contributed by atoms with Crippen LogP contribution in [0.3, 0.4) is 0 Å². The predicted octanol–water partition coefficient (Wildman–Crippen LogP) is 3.47. The van der Waals surface area contributed by atoms with Crippen LogP contribution < -0.4 is 10.0 Å². The third-order valence-corrected chi connectivity index (χ3v) is 6.44. The van der Waals surface area contributed by atoms with Gasteiger partial charge in [0.1, 0.15) is 5.01 Å². The second-order valence-corrected chi connectivity index (χ2v) is 8.86. The van der Waals surface area contributed by atoms with Crippen LogP contribution in [0, 0.1) is 0 Å². The van der Waals surface area contributed by atoms with E-state index in [0.29, 0.717) is 22.3 Å². The summed E-state index contributed by atoms with van der Waals surface area (Å²) >= 11 is 1.38. The van der Waals surface area contributed by atoms with Crippen molar-refractivity contribution in [1.82, 2.24) is 10.2 Å². The highest BCUT2D eigenvalue weighted by atomic mass is 32.2. The summed E-state index contributed by atoms with van der Waals surface area (Å²) in [4.78, 5) is 12.4. The Labute approximate surface area is 160 Å². The molecule has 27 heavy (non-hydrogen) atoms. The number of aromatic nitrogens is 2. The molecule has 1 fully saturated rings. The monoisotopic (exact) mass is 400 g/mol. The number of anilines is 2. The van der Waals surface area contributed by atoms with E-state index >= 15 is 0 Å². The van der Waals surface area contributed by atoms with Crippen molar-refractivity contribution in [2.24, 2.45) is 0 Å². The van der Waals surface area contributed by atoms with E-state index in [2.05, 4.69) is 20.2 Å². The van der Waals surface area contributed by atoms with Crippen LogP contribution in [-0.2, 0) is 10.0 Å². The zero-order chi connectivity index (χ0) is 18.9. The minimum atomic E-state index is -3.72. The van der Waals surface area contributed by atoms with E-state index in [1.807, 2.05) is 0 Å². The zero-order valence-corrected chi connectivity index (χ0v) is 15.8. The van der Waals surface area contributed by atoms with E-state index in [1.54, 1.807) is 30.3 Å². The maximum Gasteiger partial charge on any atom is 0.261 e. The van der Waals surface area contributed by atoms with Crippen LogP contribution in [-0.4, -0.2) is 24.5 Å². The fourth-order valence-electron chi connectivity index (χ4n) is 2.46.